The molecule has 1 aliphatic rings. The molecule has 2 rings (SSSR count). The molecule has 0 spiro atoms. The predicted octanol–water partition coefficient (Wildman–Crippen LogP) is 1.64. The Morgan fingerprint density at radius 2 is 2.00 bits per heavy atom. The van der Waals surface area contributed by atoms with E-state index in [0.717, 1.165) is 43.9 Å². The summed E-state index contributed by atoms with van der Waals surface area (Å²) in [6.07, 6.45) is 1.69. The van der Waals surface area contributed by atoms with Crippen LogP contribution in [0.5, 0.6) is 0 Å². The first-order valence-corrected chi connectivity index (χ1v) is 5.84. The average molecular weight is 224 g/mol. The van der Waals surface area contributed by atoms with Crippen molar-refractivity contribution in [3.63, 3.8) is 0 Å². The molecular weight excluding hydrogens is 204 g/mol. The monoisotopic (exact) mass is 224 g/mol. The van der Waals surface area contributed by atoms with Gasteiger partial charge in [-0.15, -0.1) is 0 Å². The minimum atomic E-state index is -0.477. The minimum absolute atomic E-state index is 0.477. The Balaban J connectivity index is 1.97. The number of hydrogen-bond donors (Lipinski definition) is 1. The van der Waals surface area contributed by atoms with E-state index in [0.29, 0.717) is 0 Å². The standard InChI is InChI=1S/C12H20N2O2/c1-9-11(10(2)16-13-9)8-14-6-4-12(3,15)5-7-14/h15H,4-8H2,1-3H3. The Hall–Kier alpha value is -0.870. The van der Waals surface area contributed by atoms with Crippen LogP contribution in [-0.4, -0.2) is 33.9 Å². The van der Waals surface area contributed by atoms with Crippen LogP contribution in [0.1, 0.15) is 36.8 Å². The second kappa shape index (κ2) is 4.18. The van der Waals surface area contributed by atoms with Crippen LogP contribution in [0.3, 0.4) is 0 Å². The molecule has 0 radical (unpaired) electrons. The van der Waals surface area contributed by atoms with Crippen LogP contribution in [-0.2, 0) is 6.54 Å². The first kappa shape index (κ1) is 11.6. The van der Waals surface area contributed by atoms with Gasteiger partial charge in [-0.3, -0.25) is 4.90 Å². The Labute approximate surface area is 96.2 Å². The van der Waals surface area contributed by atoms with Crippen molar-refractivity contribution in [1.82, 2.24) is 10.1 Å². The number of nitrogens with zero attached hydrogens (tertiary/aromatic N) is 2. The van der Waals surface area contributed by atoms with Crippen LogP contribution in [0, 0.1) is 13.8 Å². The Morgan fingerprint density at radius 1 is 1.38 bits per heavy atom. The molecule has 2 heterocycles. The molecule has 0 unspecified atom stereocenters. The lowest BCUT2D eigenvalue weighted by Crippen LogP contribution is -2.42. The zero-order chi connectivity index (χ0) is 11.8. The summed E-state index contributed by atoms with van der Waals surface area (Å²) >= 11 is 0. The van der Waals surface area contributed by atoms with Crippen molar-refractivity contribution in [3.8, 4) is 0 Å². The summed E-state index contributed by atoms with van der Waals surface area (Å²) in [5.74, 6) is 0.912. The maximum absolute atomic E-state index is 9.87. The third-order valence-corrected chi connectivity index (χ3v) is 3.50. The quantitative estimate of drug-likeness (QED) is 0.829. The van der Waals surface area contributed by atoms with Crippen molar-refractivity contribution in [1.29, 1.82) is 0 Å². The van der Waals surface area contributed by atoms with E-state index in [-0.39, 0.29) is 0 Å². The van der Waals surface area contributed by atoms with Crippen molar-refractivity contribution in [3.05, 3.63) is 17.0 Å². The largest absolute Gasteiger partial charge is 0.390 e. The number of aromatic nitrogens is 1. The lowest BCUT2D eigenvalue weighted by molar-refractivity contribution is -0.00739. The van der Waals surface area contributed by atoms with E-state index in [1.807, 2.05) is 20.8 Å². The first-order valence-electron chi connectivity index (χ1n) is 5.84. The zero-order valence-electron chi connectivity index (χ0n) is 10.3. The number of aryl methyl sites for hydroxylation is 2. The molecule has 0 amide bonds. The van der Waals surface area contributed by atoms with Crippen LogP contribution in [0.4, 0.5) is 0 Å². The van der Waals surface area contributed by atoms with Gasteiger partial charge >= 0.3 is 0 Å². The normalized spacial score (nSPS) is 21.2. The second-order valence-electron chi connectivity index (χ2n) is 5.08. The van der Waals surface area contributed by atoms with Gasteiger partial charge in [0, 0.05) is 25.2 Å². The third-order valence-electron chi connectivity index (χ3n) is 3.50. The number of rotatable bonds is 2. The third kappa shape index (κ3) is 2.44. The van der Waals surface area contributed by atoms with E-state index < -0.39 is 5.60 Å². The number of hydrogen-bond acceptors (Lipinski definition) is 4. The van der Waals surface area contributed by atoms with E-state index >= 15 is 0 Å². The Bertz CT molecular complexity index is 342. The fourth-order valence-electron chi connectivity index (χ4n) is 2.14. The Kier molecular flexibility index (Phi) is 3.04. The lowest BCUT2D eigenvalue weighted by atomic mass is 9.93. The van der Waals surface area contributed by atoms with E-state index in [1.54, 1.807) is 0 Å². The molecule has 0 aliphatic carbocycles. The highest BCUT2D eigenvalue weighted by Crippen LogP contribution is 2.23. The molecule has 1 aromatic rings. The van der Waals surface area contributed by atoms with Crippen LogP contribution in [0.15, 0.2) is 4.52 Å². The van der Waals surface area contributed by atoms with Gasteiger partial charge < -0.3 is 9.63 Å². The van der Waals surface area contributed by atoms with Gasteiger partial charge in [-0.05, 0) is 33.6 Å². The summed E-state index contributed by atoms with van der Waals surface area (Å²) in [6, 6.07) is 0. The molecule has 1 aliphatic heterocycles. The number of piperidine rings is 1. The lowest BCUT2D eigenvalue weighted by Gasteiger charge is -2.35. The molecule has 1 aromatic heterocycles. The van der Waals surface area contributed by atoms with E-state index in [2.05, 4.69) is 10.1 Å². The summed E-state index contributed by atoms with van der Waals surface area (Å²) in [4.78, 5) is 2.35. The molecule has 1 fully saturated rings. The van der Waals surface area contributed by atoms with Crippen LogP contribution in [0.2, 0.25) is 0 Å². The van der Waals surface area contributed by atoms with Gasteiger partial charge in [-0.1, -0.05) is 5.16 Å². The van der Waals surface area contributed by atoms with E-state index in [9.17, 15) is 5.11 Å². The molecule has 1 saturated heterocycles. The zero-order valence-corrected chi connectivity index (χ0v) is 10.3. The first-order chi connectivity index (χ1) is 7.48. The van der Waals surface area contributed by atoms with E-state index in [1.165, 1.54) is 5.56 Å². The van der Waals surface area contributed by atoms with Gasteiger partial charge in [0.2, 0.25) is 0 Å². The fraction of sp³-hybridized carbons (Fsp3) is 0.750. The van der Waals surface area contributed by atoms with Gasteiger partial charge in [0.15, 0.2) is 0 Å². The van der Waals surface area contributed by atoms with Gasteiger partial charge in [0.05, 0.1) is 11.3 Å². The summed E-state index contributed by atoms with van der Waals surface area (Å²) < 4.78 is 5.15. The summed E-state index contributed by atoms with van der Waals surface area (Å²) in [6.45, 7) is 8.62. The van der Waals surface area contributed by atoms with Gasteiger partial charge in [0.25, 0.3) is 0 Å². The summed E-state index contributed by atoms with van der Waals surface area (Å²) in [5, 5.41) is 13.8. The highest BCUT2D eigenvalue weighted by molar-refractivity contribution is 5.20. The summed E-state index contributed by atoms with van der Waals surface area (Å²) in [5.41, 5.74) is 1.70. The highest BCUT2D eigenvalue weighted by atomic mass is 16.5. The molecule has 16 heavy (non-hydrogen) atoms. The predicted molar refractivity (Wildman–Crippen MR) is 61.1 cm³/mol. The average Bonchev–Trinajstić information content (AvgIpc) is 2.52. The topological polar surface area (TPSA) is 49.5 Å². The van der Waals surface area contributed by atoms with Crippen LogP contribution >= 0.6 is 0 Å². The van der Waals surface area contributed by atoms with Gasteiger partial charge in [0.1, 0.15) is 5.76 Å². The Morgan fingerprint density at radius 3 is 2.50 bits per heavy atom. The van der Waals surface area contributed by atoms with E-state index in [4.69, 9.17) is 4.52 Å². The number of aliphatic hydroxyl groups is 1. The van der Waals surface area contributed by atoms with Crippen LogP contribution in [0.25, 0.3) is 0 Å². The molecule has 0 atom stereocenters. The smallest absolute Gasteiger partial charge is 0.138 e. The van der Waals surface area contributed by atoms with Crippen molar-refractivity contribution in [2.45, 2.75) is 45.8 Å². The van der Waals surface area contributed by atoms with Gasteiger partial charge in [-0.2, -0.15) is 0 Å². The van der Waals surface area contributed by atoms with Crippen molar-refractivity contribution < 1.29 is 9.63 Å². The molecular formula is C12H20N2O2. The van der Waals surface area contributed by atoms with Gasteiger partial charge in [-0.25, -0.2) is 0 Å². The van der Waals surface area contributed by atoms with Crippen LogP contribution < -0.4 is 0 Å². The maximum Gasteiger partial charge on any atom is 0.138 e. The second-order valence-corrected chi connectivity index (χ2v) is 5.08. The molecule has 4 nitrogen and oxygen atoms in total. The van der Waals surface area contributed by atoms with Crippen molar-refractivity contribution in [2.24, 2.45) is 0 Å². The number of likely N-dealkylation sites (tertiary alicyclic amines) is 1. The van der Waals surface area contributed by atoms with Crippen molar-refractivity contribution >= 4 is 0 Å². The fourth-order valence-corrected chi connectivity index (χ4v) is 2.14. The molecule has 0 aromatic carbocycles. The molecule has 1 N–H and O–H groups in total. The molecule has 4 heteroatoms. The minimum Gasteiger partial charge on any atom is -0.390 e. The highest BCUT2D eigenvalue weighted by Gasteiger charge is 2.27. The summed E-state index contributed by atoms with van der Waals surface area (Å²) in [7, 11) is 0. The molecule has 90 valence electrons. The SMILES string of the molecule is Cc1noc(C)c1CN1CCC(C)(O)CC1. The van der Waals surface area contributed by atoms with Crippen molar-refractivity contribution in [2.75, 3.05) is 13.1 Å². The maximum atomic E-state index is 9.87. The molecule has 0 bridgehead atoms. The molecule has 0 saturated carbocycles.